The van der Waals surface area contributed by atoms with Crippen LogP contribution in [0.15, 0.2) is 61.3 Å². The minimum absolute atomic E-state index is 0.106. The topological polar surface area (TPSA) is 103 Å². The highest BCUT2D eigenvalue weighted by Gasteiger charge is 2.48. The number of fused-ring (bicyclic) bond motifs is 2. The first-order valence-corrected chi connectivity index (χ1v) is 11.2. The molecular weight excluding hydrogens is 414 g/mol. The lowest BCUT2D eigenvalue weighted by Crippen LogP contribution is -2.66. The highest BCUT2D eigenvalue weighted by atomic mass is 16.2. The summed E-state index contributed by atoms with van der Waals surface area (Å²) < 4.78 is 2.19. The van der Waals surface area contributed by atoms with Gasteiger partial charge in [-0.05, 0) is 31.2 Å². The maximum Gasteiger partial charge on any atom is 0.245 e. The summed E-state index contributed by atoms with van der Waals surface area (Å²) in [6, 6.07) is 12.4. The number of amides is 1. The molecule has 2 aliphatic rings. The summed E-state index contributed by atoms with van der Waals surface area (Å²) in [5.41, 5.74) is 3.22. The second-order valence-electron chi connectivity index (χ2n) is 8.84. The third-order valence-electron chi connectivity index (χ3n) is 6.86. The molecule has 1 aromatic carbocycles. The number of carbonyl (C=O) groups is 1. The minimum atomic E-state index is -0.461. The first kappa shape index (κ1) is 19.6. The molecule has 0 spiro atoms. The van der Waals surface area contributed by atoms with Crippen LogP contribution in [-0.4, -0.2) is 49.5 Å². The lowest BCUT2D eigenvalue weighted by Gasteiger charge is -2.51. The van der Waals surface area contributed by atoms with E-state index in [1.54, 1.807) is 6.33 Å². The van der Waals surface area contributed by atoms with Crippen molar-refractivity contribution in [1.29, 1.82) is 5.26 Å². The van der Waals surface area contributed by atoms with E-state index >= 15 is 0 Å². The average molecular weight is 438 g/mol. The number of hydrogen-bond acceptors (Lipinski definition) is 5. The summed E-state index contributed by atoms with van der Waals surface area (Å²) >= 11 is 0. The molecule has 5 heterocycles. The number of nitrogens with one attached hydrogen (secondary N) is 2. The fraction of sp³-hybridized carbons (Fsp3) is 0.280. The number of hydrogen-bond donors (Lipinski definition) is 2. The largest absolute Gasteiger partial charge is 0.380 e. The quantitative estimate of drug-likeness (QED) is 0.510. The van der Waals surface area contributed by atoms with Gasteiger partial charge in [-0.3, -0.25) is 4.79 Å². The highest BCUT2D eigenvalue weighted by Crippen LogP contribution is 2.41. The lowest BCUT2D eigenvalue weighted by molar-refractivity contribution is -0.144. The van der Waals surface area contributed by atoms with Crippen LogP contribution in [0.1, 0.15) is 19.3 Å². The van der Waals surface area contributed by atoms with Crippen molar-refractivity contribution in [2.45, 2.75) is 30.8 Å². The Morgan fingerprint density at radius 1 is 1.21 bits per heavy atom. The second-order valence-corrected chi connectivity index (χ2v) is 8.84. The standard InChI is InChI=1S/C25H23N7O/c26-10-9-25(14-31(15-25)24(33)20-6-3-4-11-27-20)32-13-19(17-5-1-2-7-21(17)32)22-18-8-12-28-23(18)30-16-29-22/h1-2,4-5,7-8,11-13,16,20,27H,3,6,9,14-15H2,(H,28,29,30). The van der Waals surface area contributed by atoms with Crippen LogP contribution < -0.4 is 5.32 Å². The second kappa shape index (κ2) is 7.48. The van der Waals surface area contributed by atoms with E-state index in [-0.39, 0.29) is 11.9 Å². The van der Waals surface area contributed by atoms with Crippen molar-refractivity contribution in [2.75, 3.05) is 13.1 Å². The van der Waals surface area contributed by atoms with Gasteiger partial charge in [0.2, 0.25) is 5.91 Å². The molecule has 4 aromatic rings. The number of benzene rings is 1. The molecule has 6 rings (SSSR count). The molecule has 0 saturated carbocycles. The van der Waals surface area contributed by atoms with Crippen LogP contribution in [0.2, 0.25) is 0 Å². The van der Waals surface area contributed by atoms with Crippen molar-refractivity contribution >= 4 is 27.8 Å². The van der Waals surface area contributed by atoms with Crippen LogP contribution in [-0.2, 0) is 10.3 Å². The van der Waals surface area contributed by atoms with E-state index in [0.717, 1.165) is 46.0 Å². The Kier molecular flexibility index (Phi) is 4.44. The molecule has 1 unspecified atom stereocenters. The van der Waals surface area contributed by atoms with E-state index in [1.165, 1.54) is 0 Å². The van der Waals surface area contributed by atoms with Crippen LogP contribution in [0.4, 0.5) is 0 Å². The molecule has 0 bridgehead atoms. The van der Waals surface area contributed by atoms with Gasteiger partial charge < -0.3 is 19.8 Å². The molecule has 0 aliphatic carbocycles. The number of nitrogens with zero attached hydrogens (tertiary/aromatic N) is 5. The van der Waals surface area contributed by atoms with Crippen LogP contribution in [0.3, 0.4) is 0 Å². The SMILES string of the molecule is N#CCC1(n2cc(-c3ncnc4[nH]ccc34)c3ccccc32)CN(C(=O)C2CCC=CN2)C1. The molecule has 1 fully saturated rings. The summed E-state index contributed by atoms with van der Waals surface area (Å²) in [4.78, 5) is 27.0. The number of nitriles is 1. The number of aromatic nitrogens is 4. The Bertz CT molecular complexity index is 1430. The predicted molar refractivity (Wildman–Crippen MR) is 125 cm³/mol. The van der Waals surface area contributed by atoms with Crippen LogP contribution >= 0.6 is 0 Å². The summed E-state index contributed by atoms with van der Waals surface area (Å²) in [7, 11) is 0. The van der Waals surface area contributed by atoms with Gasteiger partial charge >= 0.3 is 0 Å². The number of rotatable bonds is 4. The summed E-state index contributed by atoms with van der Waals surface area (Å²) in [6.07, 6.45) is 11.5. The van der Waals surface area contributed by atoms with E-state index in [1.807, 2.05) is 41.6 Å². The molecule has 1 saturated heterocycles. The molecule has 33 heavy (non-hydrogen) atoms. The first-order chi connectivity index (χ1) is 16.2. The van der Waals surface area contributed by atoms with Crippen molar-refractivity contribution in [3.8, 4) is 17.3 Å². The van der Waals surface area contributed by atoms with Crippen LogP contribution in [0.5, 0.6) is 0 Å². The monoisotopic (exact) mass is 437 g/mol. The first-order valence-electron chi connectivity index (χ1n) is 11.2. The third kappa shape index (κ3) is 3.00. The van der Waals surface area contributed by atoms with Gasteiger partial charge in [0.05, 0.1) is 23.7 Å². The Hall–Kier alpha value is -4.12. The summed E-state index contributed by atoms with van der Waals surface area (Å²) in [5.74, 6) is 0.106. The Labute approximate surface area is 190 Å². The van der Waals surface area contributed by atoms with E-state index in [2.05, 4.69) is 49.2 Å². The normalized spacial score (nSPS) is 19.2. The number of likely N-dealkylation sites (tertiary alicyclic amines) is 1. The van der Waals surface area contributed by atoms with Gasteiger partial charge in [0.15, 0.2) is 0 Å². The molecule has 2 N–H and O–H groups in total. The number of H-pyrrole nitrogens is 1. The van der Waals surface area contributed by atoms with Crippen molar-refractivity contribution < 1.29 is 4.79 Å². The molecule has 1 amide bonds. The molecule has 164 valence electrons. The van der Waals surface area contributed by atoms with Crippen LogP contribution in [0, 0.1) is 11.3 Å². The Morgan fingerprint density at radius 2 is 2.09 bits per heavy atom. The van der Waals surface area contributed by atoms with E-state index in [4.69, 9.17) is 0 Å². The van der Waals surface area contributed by atoms with Crippen LogP contribution in [0.25, 0.3) is 33.2 Å². The van der Waals surface area contributed by atoms with Gasteiger partial charge in [-0.2, -0.15) is 5.26 Å². The predicted octanol–water partition coefficient (Wildman–Crippen LogP) is 3.30. The van der Waals surface area contributed by atoms with Crippen molar-refractivity contribution in [1.82, 2.24) is 29.7 Å². The lowest BCUT2D eigenvalue weighted by atomic mass is 9.85. The fourth-order valence-corrected chi connectivity index (χ4v) is 5.19. The van der Waals surface area contributed by atoms with Gasteiger partial charge in [-0.25, -0.2) is 9.97 Å². The van der Waals surface area contributed by atoms with Gasteiger partial charge in [-0.15, -0.1) is 0 Å². The minimum Gasteiger partial charge on any atom is -0.380 e. The zero-order chi connectivity index (χ0) is 22.4. The van der Waals surface area contributed by atoms with Gasteiger partial charge in [0.1, 0.15) is 18.0 Å². The number of para-hydroxylation sites is 1. The zero-order valence-electron chi connectivity index (χ0n) is 18.0. The number of allylic oxidation sites excluding steroid dienone is 1. The number of aromatic amines is 1. The van der Waals surface area contributed by atoms with Crippen molar-refractivity contribution in [3.05, 3.63) is 61.3 Å². The molecular formula is C25H23N7O. The van der Waals surface area contributed by atoms with Gasteiger partial charge in [0, 0.05) is 47.3 Å². The van der Waals surface area contributed by atoms with Gasteiger partial charge in [0.25, 0.3) is 0 Å². The number of carbonyl (C=O) groups excluding carboxylic acids is 1. The maximum atomic E-state index is 13.0. The van der Waals surface area contributed by atoms with Crippen molar-refractivity contribution in [3.63, 3.8) is 0 Å². The Balaban J connectivity index is 1.42. The van der Waals surface area contributed by atoms with Gasteiger partial charge in [-0.1, -0.05) is 24.3 Å². The molecule has 3 aromatic heterocycles. The molecule has 1 atom stereocenters. The average Bonchev–Trinajstić information content (AvgIpc) is 3.46. The van der Waals surface area contributed by atoms with E-state index < -0.39 is 5.54 Å². The molecule has 0 radical (unpaired) electrons. The van der Waals surface area contributed by atoms with E-state index in [0.29, 0.717) is 19.5 Å². The maximum absolute atomic E-state index is 13.0. The molecule has 2 aliphatic heterocycles. The third-order valence-corrected chi connectivity index (χ3v) is 6.86. The summed E-state index contributed by atoms with van der Waals surface area (Å²) in [5, 5.41) is 14.9. The zero-order valence-corrected chi connectivity index (χ0v) is 18.0. The summed E-state index contributed by atoms with van der Waals surface area (Å²) in [6.45, 7) is 1.03. The molecule has 8 heteroatoms. The fourth-order valence-electron chi connectivity index (χ4n) is 5.19. The van der Waals surface area contributed by atoms with E-state index in [9.17, 15) is 10.1 Å². The molecule has 8 nitrogen and oxygen atoms in total. The van der Waals surface area contributed by atoms with Crippen molar-refractivity contribution in [2.24, 2.45) is 0 Å². The smallest absolute Gasteiger partial charge is 0.245 e. The Morgan fingerprint density at radius 3 is 2.91 bits per heavy atom. The highest BCUT2D eigenvalue weighted by molar-refractivity contribution is 6.02.